The van der Waals surface area contributed by atoms with Gasteiger partial charge in [0.1, 0.15) is 5.82 Å². The zero-order valence-electron chi connectivity index (χ0n) is 14.6. The maximum atomic E-state index is 13.0. The molecule has 0 N–H and O–H groups in total. The van der Waals surface area contributed by atoms with E-state index in [1.54, 1.807) is 4.90 Å². The molecule has 2 aromatic rings. The van der Waals surface area contributed by atoms with Crippen LogP contribution in [0.4, 0.5) is 4.39 Å². The molecule has 0 aliphatic carbocycles. The Morgan fingerprint density at radius 2 is 1.54 bits per heavy atom. The largest absolute Gasteiger partial charge is 0.336 e. The average Bonchev–Trinajstić information content (AvgIpc) is 2.64. The summed E-state index contributed by atoms with van der Waals surface area (Å²) in [6.45, 7) is 3.13. The van der Waals surface area contributed by atoms with Crippen LogP contribution in [0.1, 0.15) is 21.5 Å². The Labute approximate surface area is 153 Å². The lowest BCUT2D eigenvalue weighted by Crippen LogP contribution is -2.50. The number of halogens is 1. The molecular weight excluding hydrogens is 355 g/mol. The second-order valence-corrected chi connectivity index (χ2v) is 8.41. The van der Waals surface area contributed by atoms with Gasteiger partial charge in [-0.3, -0.25) is 4.79 Å². The van der Waals surface area contributed by atoms with Gasteiger partial charge in [0.05, 0.1) is 5.75 Å². The second-order valence-electron chi connectivity index (χ2n) is 6.44. The number of amides is 1. The average molecular weight is 376 g/mol. The molecule has 1 fully saturated rings. The minimum Gasteiger partial charge on any atom is -0.336 e. The minimum absolute atomic E-state index is 0.0425. The van der Waals surface area contributed by atoms with Gasteiger partial charge in [0.15, 0.2) is 0 Å². The SMILES string of the molecule is Cc1ccc(CS(=O)(=O)N2CCN(C(=O)c3ccc(F)cc3)CC2)cc1. The van der Waals surface area contributed by atoms with E-state index in [2.05, 4.69) is 0 Å². The number of aryl methyl sites for hydroxylation is 1. The van der Waals surface area contributed by atoms with Crippen molar-refractivity contribution in [2.24, 2.45) is 0 Å². The first-order valence-corrected chi connectivity index (χ1v) is 10.0. The van der Waals surface area contributed by atoms with E-state index in [1.165, 1.54) is 28.6 Å². The van der Waals surface area contributed by atoms with Crippen LogP contribution >= 0.6 is 0 Å². The number of benzene rings is 2. The Hall–Kier alpha value is -2.25. The summed E-state index contributed by atoms with van der Waals surface area (Å²) in [5.41, 5.74) is 2.24. The summed E-state index contributed by atoms with van der Waals surface area (Å²) < 4.78 is 39.6. The Balaban J connectivity index is 1.61. The Morgan fingerprint density at radius 3 is 2.12 bits per heavy atom. The molecule has 138 valence electrons. The molecular formula is C19H21FN2O3S. The lowest BCUT2D eigenvalue weighted by atomic mass is 10.2. The molecule has 0 saturated carbocycles. The van der Waals surface area contributed by atoms with Crippen molar-refractivity contribution in [3.63, 3.8) is 0 Å². The molecule has 0 aromatic heterocycles. The van der Waals surface area contributed by atoms with Crippen LogP contribution in [0, 0.1) is 12.7 Å². The molecule has 1 heterocycles. The van der Waals surface area contributed by atoms with Gasteiger partial charge in [-0.1, -0.05) is 29.8 Å². The highest BCUT2D eigenvalue weighted by atomic mass is 32.2. The van der Waals surface area contributed by atoms with Crippen LogP contribution in [0.5, 0.6) is 0 Å². The topological polar surface area (TPSA) is 57.7 Å². The van der Waals surface area contributed by atoms with E-state index in [9.17, 15) is 17.6 Å². The fraction of sp³-hybridized carbons (Fsp3) is 0.316. The molecule has 7 heteroatoms. The fourth-order valence-electron chi connectivity index (χ4n) is 2.93. The molecule has 1 saturated heterocycles. The molecule has 0 atom stereocenters. The molecule has 1 aliphatic rings. The zero-order chi connectivity index (χ0) is 18.7. The van der Waals surface area contributed by atoms with Crippen molar-refractivity contribution in [1.29, 1.82) is 0 Å². The van der Waals surface area contributed by atoms with E-state index in [1.807, 2.05) is 31.2 Å². The van der Waals surface area contributed by atoms with E-state index < -0.39 is 15.8 Å². The molecule has 0 spiro atoms. The molecule has 2 aromatic carbocycles. The number of nitrogens with zero attached hydrogens (tertiary/aromatic N) is 2. The van der Waals surface area contributed by atoms with Crippen molar-refractivity contribution in [3.8, 4) is 0 Å². The van der Waals surface area contributed by atoms with Crippen LogP contribution in [0.15, 0.2) is 48.5 Å². The first-order chi connectivity index (χ1) is 12.3. The molecule has 3 rings (SSSR count). The molecule has 0 unspecified atom stereocenters. The van der Waals surface area contributed by atoms with E-state index in [0.29, 0.717) is 18.7 Å². The fourth-order valence-corrected chi connectivity index (χ4v) is 4.45. The van der Waals surface area contributed by atoms with Crippen molar-refractivity contribution < 1.29 is 17.6 Å². The number of sulfonamides is 1. The predicted molar refractivity (Wildman–Crippen MR) is 97.7 cm³/mol. The van der Waals surface area contributed by atoms with Gasteiger partial charge in [0.25, 0.3) is 5.91 Å². The minimum atomic E-state index is -3.42. The van der Waals surface area contributed by atoms with E-state index in [0.717, 1.165) is 11.1 Å². The number of carbonyl (C=O) groups excluding carboxylic acids is 1. The van der Waals surface area contributed by atoms with Gasteiger partial charge in [-0.15, -0.1) is 0 Å². The van der Waals surface area contributed by atoms with Crippen molar-refractivity contribution in [1.82, 2.24) is 9.21 Å². The summed E-state index contributed by atoms with van der Waals surface area (Å²) in [7, 11) is -3.42. The highest BCUT2D eigenvalue weighted by molar-refractivity contribution is 7.88. The van der Waals surface area contributed by atoms with Gasteiger partial charge in [0.2, 0.25) is 10.0 Å². The smallest absolute Gasteiger partial charge is 0.253 e. The summed E-state index contributed by atoms with van der Waals surface area (Å²) in [5.74, 6) is -0.645. The summed E-state index contributed by atoms with van der Waals surface area (Å²) in [4.78, 5) is 14.0. The molecule has 0 radical (unpaired) electrons. The van der Waals surface area contributed by atoms with Gasteiger partial charge in [0, 0.05) is 31.7 Å². The summed E-state index contributed by atoms with van der Waals surface area (Å²) >= 11 is 0. The third kappa shape index (κ3) is 4.28. The van der Waals surface area contributed by atoms with Crippen molar-refractivity contribution in [2.45, 2.75) is 12.7 Å². The Bertz CT molecular complexity index is 872. The van der Waals surface area contributed by atoms with Crippen molar-refractivity contribution in [2.75, 3.05) is 26.2 Å². The molecule has 26 heavy (non-hydrogen) atoms. The second kappa shape index (κ2) is 7.55. The van der Waals surface area contributed by atoms with Crippen LogP contribution in [-0.2, 0) is 15.8 Å². The van der Waals surface area contributed by atoms with E-state index >= 15 is 0 Å². The van der Waals surface area contributed by atoms with Crippen LogP contribution in [0.25, 0.3) is 0 Å². The quantitative estimate of drug-likeness (QED) is 0.823. The third-order valence-corrected chi connectivity index (χ3v) is 6.33. The van der Waals surface area contributed by atoms with Gasteiger partial charge in [-0.2, -0.15) is 4.31 Å². The highest BCUT2D eigenvalue weighted by Crippen LogP contribution is 2.16. The molecule has 5 nitrogen and oxygen atoms in total. The maximum absolute atomic E-state index is 13.0. The van der Waals surface area contributed by atoms with E-state index in [4.69, 9.17) is 0 Å². The lowest BCUT2D eigenvalue weighted by molar-refractivity contribution is 0.0697. The normalized spacial score (nSPS) is 15.8. The zero-order valence-corrected chi connectivity index (χ0v) is 15.4. The first kappa shape index (κ1) is 18.5. The van der Waals surface area contributed by atoms with Gasteiger partial charge in [-0.05, 0) is 36.8 Å². The van der Waals surface area contributed by atoms with Crippen molar-refractivity contribution in [3.05, 3.63) is 71.0 Å². The number of hydrogen-bond donors (Lipinski definition) is 0. The summed E-state index contributed by atoms with van der Waals surface area (Å²) in [6, 6.07) is 12.8. The number of rotatable bonds is 4. The lowest BCUT2D eigenvalue weighted by Gasteiger charge is -2.34. The maximum Gasteiger partial charge on any atom is 0.253 e. The van der Waals surface area contributed by atoms with Crippen LogP contribution in [-0.4, -0.2) is 49.7 Å². The monoisotopic (exact) mass is 376 g/mol. The highest BCUT2D eigenvalue weighted by Gasteiger charge is 2.29. The summed E-state index contributed by atoms with van der Waals surface area (Å²) in [5, 5.41) is 0. The van der Waals surface area contributed by atoms with Crippen LogP contribution in [0.3, 0.4) is 0 Å². The van der Waals surface area contributed by atoms with Crippen LogP contribution in [0.2, 0.25) is 0 Å². The van der Waals surface area contributed by atoms with Crippen LogP contribution < -0.4 is 0 Å². The van der Waals surface area contributed by atoms with E-state index in [-0.39, 0.29) is 24.7 Å². The van der Waals surface area contributed by atoms with Gasteiger partial charge in [-0.25, -0.2) is 12.8 Å². The standard InChI is InChI=1S/C19H21FN2O3S/c1-15-2-4-16(5-3-15)14-26(24,25)22-12-10-21(11-13-22)19(23)17-6-8-18(20)9-7-17/h2-9H,10-14H2,1H3. The Kier molecular flexibility index (Phi) is 5.38. The predicted octanol–water partition coefficient (Wildman–Crippen LogP) is 2.42. The van der Waals surface area contributed by atoms with Gasteiger partial charge >= 0.3 is 0 Å². The number of carbonyl (C=O) groups is 1. The third-order valence-electron chi connectivity index (χ3n) is 4.48. The number of hydrogen-bond acceptors (Lipinski definition) is 3. The van der Waals surface area contributed by atoms with Gasteiger partial charge < -0.3 is 4.90 Å². The molecule has 1 aliphatic heterocycles. The molecule has 0 bridgehead atoms. The summed E-state index contributed by atoms with van der Waals surface area (Å²) in [6.07, 6.45) is 0. The first-order valence-electron chi connectivity index (χ1n) is 8.43. The number of piperazine rings is 1. The Morgan fingerprint density at radius 1 is 0.962 bits per heavy atom. The molecule has 1 amide bonds. The van der Waals surface area contributed by atoms with Crippen molar-refractivity contribution >= 4 is 15.9 Å².